The lowest BCUT2D eigenvalue weighted by molar-refractivity contribution is 0.0550. The first-order chi connectivity index (χ1) is 9.18. The van der Waals surface area contributed by atoms with Crippen molar-refractivity contribution >= 4 is 11.7 Å². The summed E-state index contributed by atoms with van der Waals surface area (Å²) in [6.07, 6.45) is 3.58. The first kappa shape index (κ1) is 16.9. The fourth-order valence-corrected chi connectivity index (χ4v) is 1.71. The molecular weight excluding hydrogens is 246 g/mol. The number of carbonyl (C=O) groups is 1. The van der Waals surface area contributed by atoms with Crippen molar-refractivity contribution < 1.29 is 9.53 Å². The van der Waals surface area contributed by atoms with E-state index in [9.17, 15) is 4.79 Å². The molecule has 7 heteroatoms. The number of anilines is 1. The summed E-state index contributed by atoms with van der Waals surface area (Å²) in [7, 11) is 0. The number of nitrogens with two attached hydrogens (primary N) is 2. The lowest BCUT2D eigenvalue weighted by atomic mass is 10.1. The van der Waals surface area contributed by atoms with Gasteiger partial charge in [0.05, 0.1) is 12.6 Å². The van der Waals surface area contributed by atoms with Crippen molar-refractivity contribution in [3.8, 4) is 6.57 Å². The molecule has 0 bridgehead atoms. The number of hydrogen-bond acceptors (Lipinski definition) is 5. The summed E-state index contributed by atoms with van der Waals surface area (Å²) in [4.78, 5) is 11.0. The van der Waals surface area contributed by atoms with Gasteiger partial charge in [0.2, 0.25) is 0 Å². The number of ether oxygens (including phenoxy) is 1. The summed E-state index contributed by atoms with van der Waals surface area (Å²) in [5, 5.41) is 10.6. The molecule has 4 N–H and O–H groups in total. The maximum Gasteiger partial charge on any atom is 0.254 e. The number of nitrogens with zero attached hydrogens (tertiary/aromatic N) is 3. The van der Waals surface area contributed by atoms with Gasteiger partial charge in [-0.05, 0) is 12.8 Å². The van der Waals surface area contributed by atoms with E-state index in [0.717, 1.165) is 19.4 Å². The van der Waals surface area contributed by atoms with Crippen molar-refractivity contribution in [1.82, 2.24) is 9.78 Å². The molecule has 0 radical (unpaired) electrons. The molecular formula is C12H21N5O2. The number of aromatic nitrogens is 2. The van der Waals surface area contributed by atoms with Gasteiger partial charge >= 0.3 is 0 Å². The Morgan fingerprint density at radius 1 is 1.58 bits per heavy atom. The summed E-state index contributed by atoms with van der Waals surface area (Å²) in [6, 6.07) is 0.161. The maximum atomic E-state index is 11.0. The fourth-order valence-electron chi connectivity index (χ4n) is 1.71. The lowest BCUT2D eigenvalue weighted by Gasteiger charge is -2.22. The third-order valence-corrected chi connectivity index (χ3v) is 2.54. The van der Waals surface area contributed by atoms with Crippen LogP contribution < -0.4 is 11.5 Å². The zero-order valence-corrected chi connectivity index (χ0v) is 11.4. The Hall–Kier alpha value is -2.07. The van der Waals surface area contributed by atoms with Crippen molar-refractivity contribution in [2.45, 2.75) is 32.7 Å². The largest absolute Gasteiger partial charge is 0.382 e. The van der Waals surface area contributed by atoms with Crippen LogP contribution in [0.15, 0.2) is 6.20 Å². The number of nitrogen functional groups attached to an aromatic ring is 1. The molecule has 0 spiro atoms. The molecule has 0 unspecified atom stereocenters. The van der Waals surface area contributed by atoms with E-state index in [-0.39, 0.29) is 17.4 Å². The maximum absolute atomic E-state index is 11.0. The van der Waals surface area contributed by atoms with Crippen LogP contribution in [0.5, 0.6) is 0 Å². The molecule has 0 aromatic carbocycles. The molecule has 1 fully saturated rings. The van der Waals surface area contributed by atoms with Crippen LogP contribution in [-0.4, -0.2) is 28.9 Å². The van der Waals surface area contributed by atoms with E-state index in [1.54, 1.807) is 10.9 Å². The average Bonchev–Trinajstić information content (AvgIpc) is 2.86. The minimum atomic E-state index is -0.546. The SMILES string of the molecule is C#N.CC.NC(=O)c1cn([C@@H]2CCCOC2)nc1N. The summed E-state index contributed by atoms with van der Waals surface area (Å²) in [5.74, 6) is -0.358. The molecule has 1 saturated heterocycles. The Morgan fingerprint density at radius 2 is 2.21 bits per heavy atom. The highest BCUT2D eigenvalue weighted by atomic mass is 16.5. The second kappa shape index (κ2) is 8.94. The van der Waals surface area contributed by atoms with Gasteiger partial charge in [0.25, 0.3) is 5.91 Å². The average molecular weight is 267 g/mol. The van der Waals surface area contributed by atoms with Gasteiger partial charge in [-0.25, -0.2) is 5.26 Å². The minimum Gasteiger partial charge on any atom is -0.382 e. The van der Waals surface area contributed by atoms with Crippen LogP contribution in [0.4, 0.5) is 5.82 Å². The molecule has 19 heavy (non-hydrogen) atoms. The van der Waals surface area contributed by atoms with Crippen LogP contribution in [0.1, 0.15) is 43.1 Å². The molecule has 1 amide bonds. The van der Waals surface area contributed by atoms with Gasteiger partial charge in [0, 0.05) is 19.4 Å². The molecule has 106 valence electrons. The van der Waals surface area contributed by atoms with Gasteiger partial charge in [-0.3, -0.25) is 9.48 Å². The predicted molar refractivity (Wildman–Crippen MR) is 72.3 cm³/mol. The Balaban J connectivity index is 0.000000741. The topological polar surface area (TPSA) is 120 Å². The smallest absolute Gasteiger partial charge is 0.254 e. The number of primary amides is 1. The van der Waals surface area contributed by atoms with Crippen molar-refractivity contribution in [2.75, 3.05) is 18.9 Å². The second-order valence-corrected chi connectivity index (χ2v) is 3.64. The molecule has 2 rings (SSSR count). The van der Waals surface area contributed by atoms with Gasteiger partial charge in [0.1, 0.15) is 5.56 Å². The number of amides is 1. The third kappa shape index (κ3) is 4.60. The van der Waals surface area contributed by atoms with Crippen LogP contribution in [0.2, 0.25) is 0 Å². The first-order valence-corrected chi connectivity index (χ1v) is 6.16. The summed E-state index contributed by atoms with van der Waals surface area (Å²) >= 11 is 0. The van der Waals surface area contributed by atoms with Crippen LogP contribution in [0.3, 0.4) is 0 Å². The predicted octanol–water partition coefficient (Wildman–Crippen LogP) is 1.08. The standard InChI is InChI=1S/C9H14N4O2.C2H6.CHN/c10-8-7(9(11)14)4-13(12-8)6-2-1-3-15-5-6;2*1-2/h4,6H,1-3,5H2,(H2,10,12)(H2,11,14);1-2H3;1H/t6-;;/m1../s1. The molecule has 2 heterocycles. The number of rotatable bonds is 2. The second-order valence-electron chi connectivity index (χ2n) is 3.64. The summed E-state index contributed by atoms with van der Waals surface area (Å²) in [5.41, 5.74) is 11.0. The highest BCUT2D eigenvalue weighted by Gasteiger charge is 2.19. The first-order valence-electron chi connectivity index (χ1n) is 6.16. The zero-order chi connectivity index (χ0) is 14.8. The Labute approximate surface area is 113 Å². The highest BCUT2D eigenvalue weighted by Crippen LogP contribution is 2.20. The molecule has 7 nitrogen and oxygen atoms in total. The Kier molecular flexibility index (Phi) is 7.97. The molecule has 1 aliphatic heterocycles. The quantitative estimate of drug-likeness (QED) is 0.830. The van der Waals surface area contributed by atoms with Crippen molar-refractivity contribution in [1.29, 1.82) is 5.26 Å². The van der Waals surface area contributed by atoms with Gasteiger partial charge in [-0.2, -0.15) is 5.10 Å². The molecule has 0 aliphatic carbocycles. The van der Waals surface area contributed by atoms with Crippen LogP contribution in [0, 0.1) is 11.8 Å². The van der Waals surface area contributed by atoms with Gasteiger partial charge < -0.3 is 16.2 Å². The molecule has 1 aromatic rings. The van der Waals surface area contributed by atoms with Crippen molar-refractivity contribution in [3.63, 3.8) is 0 Å². The van der Waals surface area contributed by atoms with Gasteiger partial charge in [0.15, 0.2) is 5.82 Å². The third-order valence-electron chi connectivity index (χ3n) is 2.54. The van der Waals surface area contributed by atoms with E-state index >= 15 is 0 Å². The normalized spacial score (nSPS) is 17.4. The zero-order valence-electron chi connectivity index (χ0n) is 11.4. The lowest BCUT2D eigenvalue weighted by Crippen LogP contribution is -2.21. The van der Waals surface area contributed by atoms with E-state index in [1.165, 1.54) is 0 Å². The fraction of sp³-hybridized carbons (Fsp3) is 0.583. The van der Waals surface area contributed by atoms with Gasteiger partial charge in [-0.15, -0.1) is 0 Å². The monoisotopic (exact) mass is 267 g/mol. The van der Waals surface area contributed by atoms with E-state index in [0.29, 0.717) is 6.61 Å². The number of hydrogen-bond donors (Lipinski definition) is 2. The molecule has 1 aromatic heterocycles. The van der Waals surface area contributed by atoms with Crippen molar-refractivity contribution in [2.24, 2.45) is 5.73 Å². The van der Waals surface area contributed by atoms with E-state index in [1.807, 2.05) is 13.8 Å². The summed E-state index contributed by atoms with van der Waals surface area (Å²) < 4.78 is 7.00. The van der Waals surface area contributed by atoms with Crippen LogP contribution in [0.25, 0.3) is 0 Å². The van der Waals surface area contributed by atoms with E-state index in [2.05, 4.69) is 11.7 Å². The number of carbonyl (C=O) groups excluding carboxylic acids is 1. The van der Waals surface area contributed by atoms with Crippen LogP contribution in [-0.2, 0) is 4.74 Å². The highest BCUT2D eigenvalue weighted by molar-refractivity contribution is 5.96. The van der Waals surface area contributed by atoms with Gasteiger partial charge in [-0.1, -0.05) is 13.8 Å². The Bertz CT molecular complexity index is 407. The molecule has 1 aliphatic rings. The number of nitriles is 1. The van der Waals surface area contributed by atoms with E-state index < -0.39 is 5.91 Å². The molecule has 1 atom stereocenters. The van der Waals surface area contributed by atoms with Crippen molar-refractivity contribution in [3.05, 3.63) is 11.8 Å². The minimum absolute atomic E-state index is 0.161. The van der Waals surface area contributed by atoms with Crippen LogP contribution >= 0.6 is 0 Å². The van der Waals surface area contributed by atoms with E-state index in [4.69, 9.17) is 21.5 Å². The molecule has 0 saturated carbocycles. The Morgan fingerprint density at radius 3 is 2.63 bits per heavy atom. The summed E-state index contributed by atoms with van der Waals surface area (Å²) in [6.45, 7) is 8.90.